The molecule has 0 aromatic heterocycles. The molecule has 2 rings (SSSR count). The fraction of sp³-hybridized carbons (Fsp3) is 0.824. The molecule has 0 heterocycles. The summed E-state index contributed by atoms with van der Waals surface area (Å²) < 4.78 is 0. The fourth-order valence-corrected chi connectivity index (χ4v) is 4.45. The van der Waals surface area contributed by atoms with Gasteiger partial charge in [0.15, 0.2) is 0 Å². The van der Waals surface area contributed by atoms with Gasteiger partial charge in [-0.05, 0) is 38.0 Å². The second-order valence-electron chi connectivity index (χ2n) is 6.60. The molecule has 23 heavy (non-hydrogen) atoms. The highest BCUT2D eigenvalue weighted by Gasteiger charge is 2.57. The summed E-state index contributed by atoms with van der Waals surface area (Å²) in [6, 6.07) is 0. The summed E-state index contributed by atoms with van der Waals surface area (Å²) >= 11 is 0. The minimum atomic E-state index is -1.35. The van der Waals surface area contributed by atoms with Gasteiger partial charge in [0, 0.05) is 0 Å². The van der Waals surface area contributed by atoms with Crippen molar-refractivity contribution in [1.82, 2.24) is 0 Å². The molecule has 1 atom stereocenters. The molecule has 2 saturated carbocycles. The average Bonchev–Trinajstić information content (AvgIpc) is 2.90. The maximum Gasteiger partial charge on any atom is 0.237 e. The minimum absolute atomic E-state index is 0.0683. The average molecular weight is 317 g/mol. The van der Waals surface area contributed by atoms with Crippen molar-refractivity contribution in [3.63, 3.8) is 0 Å². The molecule has 6 heteroatoms. The van der Waals surface area contributed by atoms with E-state index in [1.165, 1.54) is 0 Å². The Kier molecular flexibility index (Phi) is 6.18. The van der Waals surface area contributed by atoms with Gasteiger partial charge in [-0.2, -0.15) is 15.0 Å². The van der Waals surface area contributed by atoms with Crippen LogP contribution in [-0.2, 0) is 14.4 Å². The van der Waals surface area contributed by atoms with Crippen LogP contribution in [0.1, 0.15) is 70.6 Å². The van der Waals surface area contributed by atoms with E-state index in [2.05, 4.69) is 15.0 Å². The summed E-state index contributed by atoms with van der Waals surface area (Å²) in [5.74, 6) is 0.0683. The molecule has 2 aliphatic rings. The molecule has 0 spiro atoms. The lowest BCUT2D eigenvalue weighted by Crippen LogP contribution is -2.54. The first-order chi connectivity index (χ1) is 11.2. The number of carbonyl (C=O) groups excluding carboxylic acids is 3. The van der Waals surface area contributed by atoms with Crippen molar-refractivity contribution in [2.45, 2.75) is 81.8 Å². The maximum atomic E-state index is 11.2. The van der Waals surface area contributed by atoms with Crippen LogP contribution in [0.3, 0.4) is 0 Å². The summed E-state index contributed by atoms with van der Waals surface area (Å²) in [4.78, 5) is 45.5. The number of aliphatic imine (C=N–C) groups is 3. The van der Waals surface area contributed by atoms with Gasteiger partial charge in [0.1, 0.15) is 5.54 Å². The molecule has 1 unspecified atom stereocenters. The Morgan fingerprint density at radius 3 is 1.74 bits per heavy atom. The molecule has 0 amide bonds. The van der Waals surface area contributed by atoms with E-state index in [1.807, 2.05) is 0 Å². The van der Waals surface area contributed by atoms with Crippen molar-refractivity contribution < 1.29 is 14.4 Å². The van der Waals surface area contributed by atoms with Gasteiger partial charge < -0.3 is 0 Å². The van der Waals surface area contributed by atoms with Gasteiger partial charge in [0.05, 0.1) is 0 Å². The molecule has 0 saturated heterocycles. The van der Waals surface area contributed by atoms with Crippen molar-refractivity contribution in [3.05, 3.63) is 0 Å². The lowest BCUT2D eigenvalue weighted by molar-refractivity contribution is 0.123. The first kappa shape index (κ1) is 17.5. The van der Waals surface area contributed by atoms with Crippen LogP contribution >= 0.6 is 0 Å². The molecule has 0 N–H and O–H groups in total. The first-order valence-electron chi connectivity index (χ1n) is 8.52. The summed E-state index contributed by atoms with van der Waals surface area (Å²) in [5, 5.41) is 0. The van der Waals surface area contributed by atoms with Crippen LogP contribution in [-0.4, -0.2) is 29.4 Å². The van der Waals surface area contributed by atoms with Gasteiger partial charge in [-0.3, -0.25) is 0 Å². The third-order valence-electron chi connectivity index (χ3n) is 5.51. The van der Waals surface area contributed by atoms with Crippen molar-refractivity contribution >= 4 is 18.2 Å². The molecule has 0 bridgehead atoms. The standard InChI is InChI=1S/C17H23N3O3/c21-12-18-16(15-8-4-1-2-5-9-15)10-6-3-7-11-17(16,19-13-22)20-14-23/h15H,1-11H2. The molecule has 0 radical (unpaired) electrons. The Hall–Kier alpha value is -1.86. The monoisotopic (exact) mass is 317 g/mol. The molecule has 0 aromatic rings. The first-order valence-corrected chi connectivity index (χ1v) is 8.52. The Morgan fingerprint density at radius 1 is 0.652 bits per heavy atom. The summed E-state index contributed by atoms with van der Waals surface area (Å²) in [7, 11) is 0. The normalized spacial score (nSPS) is 32.3. The van der Waals surface area contributed by atoms with Gasteiger partial charge in [-0.15, -0.1) is 0 Å². The smallest absolute Gasteiger partial charge is 0.211 e. The van der Waals surface area contributed by atoms with E-state index in [-0.39, 0.29) is 5.92 Å². The van der Waals surface area contributed by atoms with E-state index < -0.39 is 11.2 Å². The molecule has 0 aliphatic heterocycles. The van der Waals surface area contributed by atoms with Crippen LogP contribution in [0, 0.1) is 5.92 Å². The zero-order valence-corrected chi connectivity index (χ0v) is 13.4. The third-order valence-corrected chi connectivity index (χ3v) is 5.51. The Labute approximate surface area is 136 Å². The predicted octanol–water partition coefficient (Wildman–Crippen LogP) is 3.36. The van der Waals surface area contributed by atoms with Crippen LogP contribution in [0.15, 0.2) is 15.0 Å². The summed E-state index contributed by atoms with van der Waals surface area (Å²) in [5.41, 5.74) is -2.32. The van der Waals surface area contributed by atoms with E-state index >= 15 is 0 Å². The summed E-state index contributed by atoms with van der Waals surface area (Å²) in [6.45, 7) is 0. The zero-order valence-electron chi connectivity index (χ0n) is 13.4. The topological polar surface area (TPSA) is 88.3 Å². The van der Waals surface area contributed by atoms with Crippen molar-refractivity contribution in [2.24, 2.45) is 20.9 Å². The number of rotatable bonds is 4. The number of hydrogen-bond donors (Lipinski definition) is 0. The van der Waals surface area contributed by atoms with Gasteiger partial charge >= 0.3 is 0 Å². The van der Waals surface area contributed by atoms with Gasteiger partial charge in [-0.1, -0.05) is 38.5 Å². The van der Waals surface area contributed by atoms with Crippen molar-refractivity contribution in [1.29, 1.82) is 0 Å². The fourth-order valence-electron chi connectivity index (χ4n) is 4.45. The second kappa shape index (κ2) is 8.12. The van der Waals surface area contributed by atoms with E-state index in [0.717, 1.165) is 57.8 Å². The van der Waals surface area contributed by atoms with Crippen LogP contribution in [0.2, 0.25) is 0 Å². The lowest BCUT2D eigenvalue weighted by atomic mass is 9.68. The Morgan fingerprint density at radius 2 is 1.17 bits per heavy atom. The van der Waals surface area contributed by atoms with Gasteiger partial charge in [0.2, 0.25) is 23.9 Å². The third kappa shape index (κ3) is 3.40. The molecule has 0 aromatic carbocycles. The van der Waals surface area contributed by atoms with Crippen LogP contribution < -0.4 is 0 Å². The molecule has 2 aliphatic carbocycles. The van der Waals surface area contributed by atoms with Crippen LogP contribution in [0.4, 0.5) is 0 Å². The van der Waals surface area contributed by atoms with Crippen LogP contribution in [0.25, 0.3) is 0 Å². The maximum absolute atomic E-state index is 11.2. The molecule has 6 nitrogen and oxygen atoms in total. The zero-order chi connectivity index (χ0) is 16.6. The summed E-state index contributed by atoms with van der Waals surface area (Å²) in [6.07, 6.45) is 14.6. The van der Waals surface area contributed by atoms with Gasteiger partial charge in [0.25, 0.3) is 0 Å². The molecule has 2 fully saturated rings. The van der Waals surface area contributed by atoms with E-state index in [4.69, 9.17) is 0 Å². The largest absolute Gasteiger partial charge is 0.237 e. The minimum Gasteiger partial charge on any atom is -0.211 e. The highest BCUT2D eigenvalue weighted by Crippen LogP contribution is 2.50. The van der Waals surface area contributed by atoms with Gasteiger partial charge in [-0.25, -0.2) is 14.4 Å². The van der Waals surface area contributed by atoms with Crippen molar-refractivity contribution in [3.8, 4) is 0 Å². The van der Waals surface area contributed by atoms with Crippen LogP contribution in [0.5, 0.6) is 0 Å². The van der Waals surface area contributed by atoms with E-state index in [0.29, 0.717) is 12.8 Å². The van der Waals surface area contributed by atoms with E-state index in [1.54, 1.807) is 18.2 Å². The SMILES string of the molecule is O=C=NC1(N=C=O)CCCCCC1(N=C=O)C1CCCCCC1. The second-order valence-corrected chi connectivity index (χ2v) is 6.60. The van der Waals surface area contributed by atoms with E-state index in [9.17, 15) is 14.4 Å². The Balaban J connectivity index is 2.62. The lowest BCUT2D eigenvalue weighted by Gasteiger charge is -2.44. The van der Waals surface area contributed by atoms with Crippen molar-refractivity contribution in [2.75, 3.05) is 0 Å². The highest BCUT2D eigenvalue weighted by molar-refractivity contribution is 5.44. The molecular weight excluding hydrogens is 294 g/mol. The molecular formula is C17H23N3O3. The number of nitrogens with zero attached hydrogens (tertiary/aromatic N) is 3. The number of hydrogen-bond acceptors (Lipinski definition) is 6. The Bertz CT molecular complexity index is 531. The highest BCUT2D eigenvalue weighted by atomic mass is 16.1. The molecule has 124 valence electrons. The predicted molar refractivity (Wildman–Crippen MR) is 84.1 cm³/mol. The number of isocyanates is 3. The quantitative estimate of drug-likeness (QED) is 0.452.